The van der Waals surface area contributed by atoms with Gasteiger partial charge in [0.15, 0.2) is 11.3 Å². The number of halogens is 3. The average Bonchev–Trinajstić information content (AvgIpc) is 2.73. The number of nitrogens with one attached hydrogen (secondary N) is 2. The molecule has 0 radical (unpaired) electrons. The van der Waals surface area contributed by atoms with E-state index in [4.69, 9.17) is 0 Å². The minimum Gasteiger partial charge on any atom is -0.316 e. The molecule has 2 aromatic heterocycles. The first kappa shape index (κ1) is 13.0. The number of aromatic amines is 1. The van der Waals surface area contributed by atoms with Gasteiger partial charge in [-0.25, -0.2) is 9.97 Å². The molecule has 1 saturated carbocycles. The minimum atomic E-state index is -4.46. The standard InChI is InChI=1S/C13H14F3N5/c14-13(15,16)10-8-4-18-9(19-11(8)21-20-10)1-7-2-12(3-7)5-17-6-12/h4,7,17H,1-3,5-6H2,(H,18,19,20,21). The zero-order valence-corrected chi connectivity index (χ0v) is 11.2. The number of fused-ring (bicyclic) bond motifs is 1. The van der Waals surface area contributed by atoms with Gasteiger partial charge in [-0.2, -0.15) is 18.3 Å². The first-order valence-electron chi connectivity index (χ1n) is 6.93. The summed E-state index contributed by atoms with van der Waals surface area (Å²) in [4.78, 5) is 8.23. The molecule has 3 heterocycles. The highest BCUT2D eigenvalue weighted by molar-refractivity contribution is 5.77. The second kappa shape index (κ2) is 4.16. The molecule has 4 rings (SSSR count). The summed E-state index contributed by atoms with van der Waals surface area (Å²) in [5, 5.41) is 8.86. The minimum absolute atomic E-state index is 0.0699. The molecule has 8 heteroatoms. The molecule has 5 nitrogen and oxygen atoms in total. The number of hydrogen-bond acceptors (Lipinski definition) is 4. The quantitative estimate of drug-likeness (QED) is 0.888. The van der Waals surface area contributed by atoms with E-state index in [0.717, 1.165) is 25.9 Å². The van der Waals surface area contributed by atoms with Crippen molar-refractivity contribution in [3.8, 4) is 0 Å². The lowest BCUT2D eigenvalue weighted by Crippen LogP contribution is -2.60. The van der Waals surface area contributed by atoms with E-state index < -0.39 is 11.9 Å². The summed E-state index contributed by atoms with van der Waals surface area (Å²) in [5.41, 5.74) is -0.316. The predicted molar refractivity (Wildman–Crippen MR) is 68.4 cm³/mol. The first-order chi connectivity index (χ1) is 9.95. The van der Waals surface area contributed by atoms with Crippen LogP contribution in [0.4, 0.5) is 13.2 Å². The van der Waals surface area contributed by atoms with E-state index in [2.05, 4.69) is 20.4 Å². The lowest BCUT2D eigenvalue weighted by Gasteiger charge is -2.54. The van der Waals surface area contributed by atoms with Crippen LogP contribution in [0.3, 0.4) is 0 Å². The van der Waals surface area contributed by atoms with Crippen LogP contribution in [0.1, 0.15) is 24.4 Å². The Bertz CT molecular complexity index is 681. The number of alkyl halides is 3. The van der Waals surface area contributed by atoms with Crippen LogP contribution in [0.5, 0.6) is 0 Å². The summed E-state index contributed by atoms with van der Waals surface area (Å²) in [6, 6.07) is 0. The first-order valence-corrected chi connectivity index (χ1v) is 6.93. The van der Waals surface area contributed by atoms with Crippen molar-refractivity contribution in [2.24, 2.45) is 11.3 Å². The van der Waals surface area contributed by atoms with Gasteiger partial charge in [0.2, 0.25) is 0 Å². The molecule has 0 atom stereocenters. The zero-order chi connectivity index (χ0) is 14.7. The molecule has 1 spiro atoms. The summed E-state index contributed by atoms with van der Waals surface area (Å²) < 4.78 is 38.2. The third-order valence-electron chi connectivity index (χ3n) is 4.56. The third-order valence-corrected chi connectivity index (χ3v) is 4.56. The highest BCUT2D eigenvalue weighted by Gasteiger charge is 2.48. The Hall–Kier alpha value is -1.70. The van der Waals surface area contributed by atoms with Gasteiger partial charge in [-0.3, -0.25) is 5.10 Å². The lowest BCUT2D eigenvalue weighted by molar-refractivity contribution is -0.139. The normalized spacial score (nSPS) is 21.5. The Labute approximate surface area is 118 Å². The highest BCUT2D eigenvalue weighted by atomic mass is 19.4. The molecule has 2 aromatic rings. The van der Waals surface area contributed by atoms with Gasteiger partial charge in [0.05, 0.1) is 5.39 Å². The van der Waals surface area contributed by atoms with E-state index >= 15 is 0 Å². The topological polar surface area (TPSA) is 66.5 Å². The molecule has 0 aromatic carbocycles. The Morgan fingerprint density at radius 1 is 1.29 bits per heavy atom. The molecule has 0 unspecified atom stereocenters. The summed E-state index contributed by atoms with van der Waals surface area (Å²) in [6.07, 6.45) is -0.224. The van der Waals surface area contributed by atoms with Crippen LogP contribution in [0, 0.1) is 11.3 Å². The zero-order valence-electron chi connectivity index (χ0n) is 11.2. The van der Waals surface area contributed by atoms with Crippen LogP contribution in [0.2, 0.25) is 0 Å². The maximum absolute atomic E-state index is 12.7. The van der Waals surface area contributed by atoms with Crippen molar-refractivity contribution in [1.29, 1.82) is 0 Å². The van der Waals surface area contributed by atoms with Crippen LogP contribution >= 0.6 is 0 Å². The van der Waals surface area contributed by atoms with E-state index in [1.807, 2.05) is 5.10 Å². The van der Waals surface area contributed by atoms with Gasteiger partial charge in [-0.1, -0.05) is 0 Å². The van der Waals surface area contributed by atoms with Gasteiger partial charge in [0.25, 0.3) is 0 Å². The van der Waals surface area contributed by atoms with Crippen molar-refractivity contribution in [3.63, 3.8) is 0 Å². The Kier molecular flexibility index (Phi) is 2.57. The number of rotatable bonds is 2. The Balaban J connectivity index is 1.52. The average molecular weight is 297 g/mol. The molecule has 1 aliphatic carbocycles. The second-order valence-corrected chi connectivity index (χ2v) is 6.20. The molecule has 2 N–H and O–H groups in total. The number of hydrogen-bond donors (Lipinski definition) is 2. The van der Waals surface area contributed by atoms with Crippen molar-refractivity contribution < 1.29 is 13.2 Å². The van der Waals surface area contributed by atoms with Crippen LogP contribution in [0.25, 0.3) is 11.0 Å². The van der Waals surface area contributed by atoms with Crippen LogP contribution in [-0.2, 0) is 12.6 Å². The van der Waals surface area contributed by atoms with E-state index in [0.29, 0.717) is 23.6 Å². The van der Waals surface area contributed by atoms with Crippen molar-refractivity contribution >= 4 is 11.0 Å². The fourth-order valence-corrected chi connectivity index (χ4v) is 3.49. The van der Waals surface area contributed by atoms with E-state index in [1.165, 1.54) is 6.20 Å². The maximum atomic E-state index is 12.7. The molecule has 112 valence electrons. The molecule has 1 saturated heterocycles. The van der Waals surface area contributed by atoms with Crippen molar-refractivity contribution in [2.45, 2.75) is 25.4 Å². The fraction of sp³-hybridized carbons (Fsp3) is 0.615. The van der Waals surface area contributed by atoms with Crippen LogP contribution < -0.4 is 5.32 Å². The molecule has 2 aliphatic rings. The molecule has 21 heavy (non-hydrogen) atoms. The molecular weight excluding hydrogens is 283 g/mol. The SMILES string of the molecule is FC(F)(F)c1[nH]nc2nc(CC3CC4(CNC4)C3)ncc12. The predicted octanol–water partition coefficient (Wildman–Crippen LogP) is 1.91. The summed E-state index contributed by atoms with van der Waals surface area (Å²) in [6.45, 7) is 2.16. The largest absolute Gasteiger partial charge is 0.433 e. The van der Waals surface area contributed by atoms with Crippen molar-refractivity contribution in [3.05, 3.63) is 17.7 Å². The van der Waals surface area contributed by atoms with Gasteiger partial charge in [-0.05, 0) is 24.2 Å². The molecule has 0 bridgehead atoms. The molecular formula is C13H14F3N5. The third kappa shape index (κ3) is 2.08. The van der Waals surface area contributed by atoms with Gasteiger partial charge >= 0.3 is 6.18 Å². The van der Waals surface area contributed by atoms with Crippen LogP contribution in [-0.4, -0.2) is 33.3 Å². The lowest BCUT2D eigenvalue weighted by atomic mass is 9.58. The van der Waals surface area contributed by atoms with Gasteiger partial charge in [0.1, 0.15) is 5.82 Å². The van der Waals surface area contributed by atoms with Crippen molar-refractivity contribution in [2.75, 3.05) is 13.1 Å². The monoisotopic (exact) mass is 297 g/mol. The van der Waals surface area contributed by atoms with Crippen molar-refractivity contribution in [1.82, 2.24) is 25.5 Å². The van der Waals surface area contributed by atoms with Crippen LogP contribution in [0.15, 0.2) is 6.20 Å². The van der Waals surface area contributed by atoms with Gasteiger partial charge in [-0.15, -0.1) is 0 Å². The summed E-state index contributed by atoms with van der Waals surface area (Å²) in [5.74, 6) is 1.11. The smallest absolute Gasteiger partial charge is 0.316 e. The molecule has 0 amide bonds. The second-order valence-electron chi connectivity index (χ2n) is 6.20. The number of nitrogens with zero attached hydrogens (tertiary/aromatic N) is 3. The van der Waals surface area contributed by atoms with E-state index in [9.17, 15) is 13.2 Å². The summed E-state index contributed by atoms with van der Waals surface area (Å²) in [7, 11) is 0. The molecule has 1 aliphatic heterocycles. The van der Waals surface area contributed by atoms with Gasteiger partial charge in [0, 0.05) is 25.7 Å². The van der Waals surface area contributed by atoms with E-state index in [1.54, 1.807) is 0 Å². The fourth-order valence-electron chi connectivity index (χ4n) is 3.49. The molecule has 2 fully saturated rings. The van der Waals surface area contributed by atoms with Gasteiger partial charge < -0.3 is 5.32 Å². The maximum Gasteiger partial charge on any atom is 0.433 e. The highest BCUT2D eigenvalue weighted by Crippen LogP contribution is 2.49. The Morgan fingerprint density at radius 3 is 2.67 bits per heavy atom. The Morgan fingerprint density at radius 2 is 2.05 bits per heavy atom. The number of aromatic nitrogens is 4. The number of H-pyrrole nitrogens is 1. The van der Waals surface area contributed by atoms with E-state index in [-0.39, 0.29) is 11.0 Å². The summed E-state index contributed by atoms with van der Waals surface area (Å²) >= 11 is 0.